The first-order valence-corrected chi connectivity index (χ1v) is 6.86. The van der Waals surface area contributed by atoms with Crippen molar-refractivity contribution in [2.75, 3.05) is 11.4 Å². The average Bonchev–Trinajstić information content (AvgIpc) is 2.86. The second kappa shape index (κ2) is 4.77. The summed E-state index contributed by atoms with van der Waals surface area (Å²) in [6.45, 7) is 0.721. The summed E-state index contributed by atoms with van der Waals surface area (Å²) in [5.41, 5.74) is 0.815. The molecule has 98 valence electrons. The van der Waals surface area contributed by atoms with E-state index in [0.29, 0.717) is 12.2 Å². The number of aliphatic carboxylic acids is 1. The van der Waals surface area contributed by atoms with Gasteiger partial charge in [-0.25, -0.2) is 14.8 Å². The average molecular weight is 322 g/mol. The first kappa shape index (κ1) is 12.3. The molecule has 1 aliphatic rings. The van der Waals surface area contributed by atoms with Crippen LogP contribution >= 0.6 is 15.9 Å². The molecular weight excluding hydrogens is 310 g/mol. The lowest BCUT2D eigenvalue weighted by Crippen LogP contribution is -2.36. The molecule has 1 saturated heterocycles. The lowest BCUT2D eigenvalue weighted by molar-refractivity contribution is -0.138. The Morgan fingerprint density at radius 2 is 2.26 bits per heavy atom. The number of benzene rings is 1. The number of carboxylic acids is 1. The van der Waals surface area contributed by atoms with E-state index in [-0.39, 0.29) is 0 Å². The van der Waals surface area contributed by atoms with E-state index in [2.05, 4.69) is 25.9 Å². The van der Waals surface area contributed by atoms with Gasteiger partial charge < -0.3 is 10.0 Å². The molecule has 0 amide bonds. The SMILES string of the molecule is O=C(O)C1CCCN1c1ncnc2cc(Br)ccc12. The summed E-state index contributed by atoms with van der Waals surface area (Å²) in [5.74, 6) is -0.0798. The van der Waals surface area contributed by atoms with E-state index >= 15 is 0 Å². The van der Waals surface area contributed by atoms with Gasteiger partial charge in [0.1, 0.15) is 18.2 Å². The normalized spacial score (nSPS) is 19.0. The van der Waals surface area contributed by atoms with Crippen LogP contribution in [0, 0.1) is 0 Å². The molecular formula is C13H12BrN3O2. The molecule has 1 aromatic carbocycles. The zero-order valence-electron chi connectivity index (χ0n) is 10.1. The fourth-order valence-corrected chi connectivity index (χ4v) is 2.87. The predicted octanol–water partition coefficient (Wildman–Crippen LogP) is 2.45. The molecule has 5 nitrogen and oxygen atoms in total. The fraction of sp³-hybridized carbons (Fsp3) is 0.308. The Bertz CT molecular complexity index is 647. The number of fused-ring (bicyclic) bond motifs is 1. The summed E-state index contributed by atoms with van der Waals surface area (Å²) in [5, 5.41) is 10.2. The Morgan fingerprint density at radius 3 is 3.05 bits per heavy atom. The highest BCUT2D eigenvalue weighted by molar-refractivity contribution is 9.10. The Kier molecular flexibility index (Phi) is 3.10. The van der Waals surface area contributed by atoms with Crippen LogP contribution in [0.2, 0.25) is 0 Å². The summed E-state index contributed by atoms with van der Waals surface area (Å²) in [6, 6.07) is 5.26. The van der Waals surface area contributed by atoms with Crippen molar-refractivity contribution in [2.24, 2.45) is 0 Å². The molecule has 6 heteroatoms. The van der Waals surface area contributed by atoms with Crippen LogP contribution in [0.1, 0.15) is 12.8 Å². The van der Waals surface area contributed by atoms with E-state index in [4.69, 9.17) is 0 Å². The molecule has 0 radical (unpaired) electrons. The predicted molar refractivity (Wildman–Crippen MR) is 75.2 cm³/mol. The van der Waals surface area contributed by atoms with Crippen molar-refractivity contribution < 1.29 is 9.90 Å². The van der Waals surface area contributed by atoms with Gasteiger partial charge in [-0.05, 0) is 31.0 Å². The standard InChI is InChI=1S/C13H12BrN3O2/c14-8-3-4-9-10(6-8)15-7-16-12(9)17-5-1-2-11(17)13(18)19/h3-4,6-7,11H,1-2,5H2,(H,18,19). The van der Waals surface area contributed by atoms with Crippen molar-refractivity contribution >= 4 is 38.6 Å². The van der Waals surface area contributed by atoms with Crippen LogP contribution in [0.5, 0.6) is 0 Å². The molecule has 2 aromatic rings. The molecule has 1 aliphatic heterocycles. The Balaban J connectivity index is 2.12. The molecule has 0 spiro atoms. The van der Waals surface area contributed by atoms with Crippen molar-refractivity contribution in [3.8, 4) is 0 Å². The third-order valence-corrected chi connectivity index (χ3v) is 3.88. The summed E-state index contributed by atoms with van der Waals surface area (Å²) >= 11 is 3.41. The zero-order valence-corrected chi connectivity index (χ0v) is 11.7. The third-order valence-electron chi connectivity index (χ3n) is 3.39. The van der Waals surface area contributed by atoms with Crippen LogP contribution in [0.4, 0.5) is 5.82 Å². The molecule has 19 heavy (non-hydrogen) atoms. The van der Waals surface area contributed by atoms with E-state index in [9.17, 15) is 9.90 Å². The van der Waals surface area contributed by atoms with Gasteiger partial charge in [-0.15, -0.1) is 0 Å². The quantitative estimate of drug-likeness (QED) is 0.920. The number of nitrogens with zero attached hydrogens (tertiary/aromatic N) is 3. The van der Waals surface area contributed by atoms with E-state index < -0.39 is 12.0 Å². The smallest absolute Gasteiger partial charge is 0.326 e. The molecule has 3 rings (SSSR count). The highest BCUT2D eigenvalue weighted by Gasteiger charge is 2.32. The summed E-state index contributed by atoms with van der Waals surface area (Å²) in [7, 11) is 0. The van der Waals surface area contributed by atoms with Crippen LogP contribution in [-0.4, -0.2) is 33.6 Å². The number of anilines is 1. The molecule has 0 aliphatic carbocycles. The number of carbonyl (C=O) groups is 1. The van der Waals surface area contributed by atoms with Gasteiger partial charge >= 0.3 is 5.97 Å². The van der Waals surface area contributed by atoms with Gasteiger partial charge in [0.15, 0.2) is 0 Å². The first-order valence-electron chi connectivity index (χ1n) is 6.06. The van der Waals surface area contributed by atoms with Crippen LogP contribution in [-0.2, 0) is 4.79 Å². The molecule has 1 aromatic heterocycles. The van der Waals surface area contributed by atoms with Gasteiger partial charge in [0.25, 0.3) is 0 Å². The Labute approximate surface area is 118 Å². The molecule has 1 unspecified atom stereocenters. The van der Waals surface area contributed by atoms with Crippen LogP contribution in [0.3, 0.4) is 0 Å². The zero-order chi connectivity index (χ0) is 13.4. The van der Waals surface area contributed by atoms with Crippen LogP contribution < -0.4 is 4.90 Å². The number of hydrogen-bond donors (Lipinski definition) is 1. The molecule has 1 N–H and O–H groups in total. The van der Waals surface area contributed by atoms with Gasteiger partial charge in [0, 0.05) is 16.4 Å². The second-order valence-corrected chi connectivity index (χ2v) is 5.46. The van der Waals surface area contributed by atoms with Crippen LogP contribution in [0.15, 0.2) is 29.0 Å². The molecule has 0 saturated carbocycles. The minimum atomic E-state index is -0.790. The second-order valence-electron chi connectivity index (χ2n) is 4.55. The van der Waals surface area contributed by atoms with Crippen molar-refractivity contribution in [2.45, 2.75) is 18.9 Å². The molecule has 2 heterocycles. The Hall–Kier alpha value is -1.69. The summed E-state index contributed by atoms with van der Waals surface area (Å²) in [4.78, 5) is 21.7. The van der Waals surface area contributed by atoms with Crippen molar-refractivity contribution in [3.05, 3.63) is 29.0 Å². The lowest BCUT2D eigenvalue weighted by atomic mass is 10.2. The lowest BCUT2D eigenvalue weighted by Gasteiger charge is -2.23. The maximum Gasteiger partial charge on any atom is 0.326 e. The van der Waals surface area contributed by atoms with Crippen molar-refractivity contribution in [1.82, 2.24) is 9.97 Å². The molecule has 1 fully saturated rings. The number of rotatable bonds is 2. The monoisotopic (exact) mass is 321 g/mol. The number of hydrogen-bond acceptors (Lipinski definition) is 4. The topological polar surface area (TPSA) is 66.3 Å². The van der Waals surface area contributed by atoms with E-state index in [1.165, 1.54) is 6.33 Å². The van der Waals surface area contributed by atoms with Gasteiger partial charge in [0.2, 0.25) is 0 Å². The molecule has 0 bridgehead atoms. The van der Waals surface area contributed by atoms with Gasteiger partial charge in [-0.1, -0.05) is 15.9 Å². The number of halogens is 1. The number of carboxylic acid groups (broad SMARTS) is 1. The van der Waals surface area contributed by atoms with Crippen LogP contribution in [0.25, 0.3) is 10.9 Å². The van der Waals surface area contributed by atoms with Crippen molar-refractivity contribution in [1.29, 1.82) is 0 Å². The summed E-state index contributed by atoms with van der Waals surface area (Å²) < 4.78 is 0.945. The highest BCUT2D eigenvalue weighted by Crippen LogP contribution is 2.30. The maximum atomic E-state index is 11.3. The van der Waals surface area contributed by atoms with E-state index in [1.807, 2.05) is 23.1 Å². The minimum Gasteiger partial charge on any atom is -0.480 e. The maximum absolute atomic E-state index is 11.3. The van der Waals surface area contributed by atoms with E-state index in [0.717, 1.165) is 28.3 Å². The Morgan fingerprint density at radius 1 is 1.42 bits per heavy atom. The van der Waals surface area contributed by atoms with E-state index in [1.54, 1.807) is 0 Å². The third kappa shape index (κ3) is 2.16. The fourth-order valence-electron chi connectivity index (χ4n) is 2.52. The number of aromatic nitrogens is 2. The minimum absolute atomic E-state index is 0.484. The summed E-state index contributed by atoms with van der Waals surface area (Å²) in [6.07, 6.45) is 3.03. The first-order chi connectivity index (χ1) is 9.16. The van der Waals surface area contributed by atoms with Gasteiger partial charge in [0.05, 0.1) is 5.52 Å². The van der Waals surface area contributed by atoms with Crippen molar-refractivity contribution in [3.63, 3.8) is 0 Å². The molecule has 1 atom stereocenters. The van der Waals surface area contributed by atoms with Gasteiger partial charge in [-0.3, -0.25) is 0 Å². The largest absolute Gasteiger partial charge is 0.480 e. The van der Waals surface area contributed by atoms with Gasteiger partial charge in [-0.2, -0.15) is 0 Å². The highest BCUT2D eigenvalue weighted by atomic mass is 79.9.